The number of amides is 1. The Balaban J connectivity index is 2.10. The Morgan fingerprint density at radius 1 is 1.17 bits per heavy atom. The summed E-state index contributed by atoms with van der Waals surface area (Å²) in [6.45, 7) is 3.84. The molecule has 126 valence electrons. The summed E-state index contributed by atoms with van der Waals surface area (Å²) in [5, 5.41) is 3.14. The highest BCUT2D eigenvalue weighted by Crippen LogP contribution is 2.32. The van der Waals surface area contributed by atoms with Crippen LogP contribution in [0.5, 0.6) is 0 Å². The Labute approximate surface area is 150 Å². The van der Waals surface area contributed by atoms with Crippen molar-refractivity contribution >= 4 is 40.9 Å². The lowest BCUT2D eigenvalue weighted by atomic mass is 10.2. The van der Waals surface area contributed by atoms with Crippen molar-refractivity contribution in [1.82, 2.24) is 0 Å². The maximum Gasteiger partial charge on any atom is 0.397 e. The number of rotatable bonds is 5. The first-order chi connectivity index (χ1) is 11.5. The van der Waals surface area contributed by atoms with Gasteiger partial charge in [0.15, 0.2) is 0 Å². The lowest BCUT2D eigenvalue weighted by molar-refractivity contribution is -0.152. The standard InChI is InChI=1S/C18H18ClNO3S/c1-3-23-18(22)17(21)20-15-9-8-14(19)10-16(15)24-11-13-6-4-12(2)5-7-13/h4-10H,3,11H2,1-2H3,(H,20,21). The van der Waals surface area contributed by atoms with Crippen molar-refractivity contribution in [3.63, 3.8) is 0 Å². The van der Waals surface area contributed by atoms with Gasteiger partial charge < -0.3 is 10.1 Å². The smallest absolute Gasteiger partial charge is 0.397 e. The Kier molecular flexibility index (Phi) is 6.70. The fourth-order valence-corrected chi connectivity index (χ4v) is 3.17. The number of benzene rings is 2. The average molecular weight is 364 g/mol. The van der Waals surface area contributed by atoms with Gasteiger partial charge in [0.2, 0.25) is 0 Å². The van der Waals surface area contributed by atoms with E-state index >= 15 is 0 Å². The van der Waals surface area contributed by atoms with Crippen LogP contribution >= 0.6 is 23.4 Å². The Morgan fingerprint density at radius 3 is 2.54 bits per heavy atom. The number of carbonyl (C=O) groups is 2. The molecule has 1 N–H and O–H groups in total. The molecule has 0 aliphatic carbocycles. The van der Waals surface area contributed by atoms with Gasteiger partial charge in [0.05, 0.1) is 12.3 Å². The number of aryl methyl sites for hydroxylation is 1. The van der Waals surface area contributed by atoms with Crippen molar-refractivity contribution in [2.24, 2.45) is 0 Å². The predicted molar refractivity (Wildman–Crippen MR) is 97.5 cm³/mol. The lowest BCUT2D eigenvalue weighted by Crippen LogP contribution is -2.25. The van der Waals surface area contributed by atoms with Crippen molar-refractivity contribution in [3.8, 4) is 0 Å². The minimum atomic E-state index is -0.901. The van der Waals surface area contributed by atoms with E-state index in [1.165, 1.54) is 17.3 Å². The summed E-state index contributed by atoms with van der Waals surface area (Å²) in [4.78, 5) is 24.1. The van der Waals surface area contributed by atoms with E-state index in [0.29, 0.717) is 10.7 Å². The third kappa shape index (κ3) is 5.28. The Morgan fingerprint density at radius 2 is 1.88 bits per heavy atom. The van der Waals surface area contributed by atoms with Crippen LogP contribution in [0.15, 0.2) is 47.4 Å². The number of hydrogen-bond acceptors (Lipinski definition) is 4. The average Bonchev–Trinajstić information content (AvgIpc) is 2.56. The molecule has 0 spiro atoms. The van der Waals surface area contributed by atoms with Gasteiger partial charge in [0.25, 0.3) is 0 Å². The molecule has 2 aromatic rings. The monoisotopic (exact) mass is 363 g/mol. The van der Waals surface area contributed by atoms with Crippen molar-refractivity contribution in [1.29, 1.82) is 0 Å². The highest BCUT2D eigenvalue weighted by molar-refractivity contribution is 7.98. The molecule has 0 saturated heterocycles. The molecule has 0 unspecified atom stereocenters. The molecular formula is C18H18ClNO3S. The van der Waals surface area contributed by atoms with Gasteiger partial charge in [0.1, 0.15) is 0 Å². The van der Waals surface area contributed by atoms with E-state index in [9.17, 15) is 9.59 Å². The summed E-state index contributed by atoms with van der Waals surface area (Å²) in [5.41, 5.74) is 2.90. The number of halogens is 1. The Hall–Kier alpha value is -1.98. The molecule has 6 heteroatoms. The number of thioether (sulfide) groups is 1. The van der Waals surface area contributed by atoms with E-state index in [-0.39, 0.29) is 6.61 Å². The number of carbonyl (C=O) groups excluding carboxylic acids is 2. The van der Waals surface area contributed by atoms with Gasteiger partial charge >= 0.3 is 11.9 Å². The SMILES string of the molecule is CCOC(=O)C(=O)Nc1ccc(Cl)cc1SCc1ccc(C)cc1. The summed E-state index contributed by atoms with van der Waals surface area (Å²) in [6.07, 6.45) is 0. The number of anilines is 1. The molecule has 2 rings (SSSR count). The zero-order chi connectivity index (χ0) is 17.5. The number of hydrogen-bond donors (Lipinski definition) is 1. The van der Waals surface area contributed by atoms with Gasteiger partial charge in [-0.1, -0.05) is 41.4 Å². The minimum absolute atomic E-state index is 0.155. The first-order valence-electron chi connectivity index (χ1n) is 7.45. The summed E-state index contributed by atoms with van der Waals surface area (Å²) in [7, 11) is 0. The molecule has 24 heavy (non-hydrogen) atoms. The third-order valence-corrected chi connectivity index (χ3v) is 4.53. The summed E-state index contributed by atoms with van der Waals surface area (Å²) < 4.78 is 4.70. The topological polar surface area (TPSA) is 55.4 Å². The summed E-state index contributed by atoms with van der Waals surface area (Å²) in [5.74, 6) is -0.971. The van der Waals surface area contributed by atoms with Gasteiger partial charge in [-0.25, -0.2) is 4.79 Å². The zero-order valence-electron chi connectivity index (χ0n) is 13.5. The highest BCUT2D eigenvalue weighted by Gasteiger charge is 2.16. The Bertz CT molecular complexity index is 732. The minimum Gasteiger partial charge on any atom is -0.459 e. The molecule has 4 nitrogen and oxygen atoms in total. The van der Waals surface area contributed by atoms with E-state index in [1.54, 1.807) is 25.1 Å². The molecule has 1 amide bonds. The number of esters is 1. The second-order valence-corrected chi connectivity index (χ2v) is 6.54. The highest BCUT2D eigenvalue weighted by atomic mass is 35.5. The van der Waals surface area contributed by atoms with E-state index in [2.05, 4.69) is 29.6 Å². The normalized spacial score (nSPS) is 10.3. The zero-order valence-corrected chi connectivity index (χ0v) is 15.0. The molecule has 0 saturated carbocycles. The summed E-state index contributed by atoms with van der Waals surface area (Å²) in [6, 6.07) is 13.3. The lowest BCUT2D eigenvalue weighted by Gasteiger charge is -2.11. The molecule has 0 aromatic heterocycles. The van der Waals surface area contributed by atoms with Crippen molar-refractivity contribution in [2.75, 3.05) is 11.9 Å². The fourth-order valence-electron chi connectivity index (χ4n) is 1.93. The van der Waals surface area contributed by atoms with Crippen molar-refractivity contribution < 1.29 is 14.3 Å². The third-order valence-electron chi connectivity index (χ3n) is 3.17. The van der Waals surface area contributed by atoms with Crippen LogP contribution in [0.2, 0.25) is 5.02 Å². The van der Waals surface area contributed by atoms with Crippen molar-refractivity contribution in [2.45, 2.75) is 24.5 Å². The van der Waals surface area contributed by atoms with Crippen molar-refractivity contribution in [3.05, 3.63) is 58.6 Å². The second-order valence-electron chi connectivity index (χ2n) is 5.09. The molecule has 0 fully saturated rings. The maximum absolute atomic E-state index is 11.8. The van der Waals surface area contributed by atoms with Crippen LogP contribution in [0, 0.1) is 6.92 Å². The molecule has 0 bridgehead atoms. The van der Waals surface area contributed by atoms with Crippen LogP contribution in [0.1, 0.15) is 18.1 Å². The summed E-state index contributed by atoms with van der Waals surface area (Å²) >= 11 is 7.59. The first-order valence-corrected chi connectivity index (χ1v) is 8.82. The second kappa shape index (κ2) is 8.76. The quantitative estimate of drug-likeness (QED) is 0.484. The molecular weight excluding hydrogens is 346 g/mol. The van der Waals surface area contributed by atoms with Crippen LogP contribution in [-0.4, -0.2) is 18.5 Å². The number of nitrogens with one attached hydrogen (secondary N) is 1. The van der Waals surface area contributed by atoms with E-state index in [1.807, 2.05) is 6.92 Å². The number of ether oxygens (including phenoxy) is 1. The van der Waals surface area contributed by atoms with Gasteiger partial charge in [0, 0.05) is 15.7 Å². The van der Waals surface area contributed by atoms with Gasteiger partial charge in [-0.15, -0.1) is 11.8 Å². The molecule has 0 aliphatic heterocycles. The van der Waals surface area contributed by atoms with E-state index in [0.717, 1.165) is 16.2 Å². The first kappa shape index (κ1) is 18.4. The maximum atomic E-state index is 11.8. The van der Waals surface area contributed by atoms with Gasteiger partial charge in [-0.2, -0.15) is 0 Å². The van der Waals surface area contributed by atoms with Crippen LogP contribution < -0.4 is 5.32 Å². The van der Waals surface area contributed by atoms with E-state index < -0.39 is 11.9 Å². The van der Waals surface area contributed by atoms with Crippen LogP contribution in [0.25, 0.3) is 0 Å². The predicted octanol–water partition coefficient (Wildman–Crippen LogP) is 4.44. The molecule has 0 atom stereocenters. The van der Waals surface area contributed by atoms with E-state index in [4.69, 9.17) is 16.3 Å². The molecule has 2 aromatic carbocycles. The largest absolute Gasteiger partial charge is 0.459 e. The fraction of sp³-hybridized carbons (Fsp3) is 0.222. The molecule has 0 aliphatic rings. The molecule has 0 radical (unpaired) electrons. The van der Waals surface area contributed by atoms with Crippen LogP contribution in [0.3, 0.4) is 0 Å². The van der Waals surface area contributed by atoms with Gasteiger partial charge in [-0.3, -0.25) is 4.79 Å². The van der Waals surface area contributed by atoms with Crippen LogP contribution in [-0.2, 0) is 20.1 Å². The van der Waals surface area contributed by atoms with Crippen LogP contribution in [0.4, 0.5) is 5.69 Å². The molecule has 0 heterocycles. The van der Waals surface area contributed by atoms with Gasteiger partial charge in [-0.05, 0) is 37.6 Å².